The molecule has 0 fully saturated rings. The van der Waals surface area contributed by atoms with Gasteiger partial charge in [0.15, 0.2) is 0 Å². The standard InChI is InChI=1S/C9H12BrNO3/c1-6(12)14-8-2-3-9(11-13)7(4-8)5-10/h8H,2-5H2,1H3. The van der Waals surface area contributed by atoms with E-state index in [0.717, 1.165) is 5.57 Å². The van der Waals surface area contributed by atoms with Crippen molar-refractivity contribution < 1.29 is 9.53 Å². The van der Waals surface area contributed by atoms with Crippen molar-refractivity contribution >= 4 is 21.9 Å². The van der Waals surface area contributed by atoms with Gasteiger partial charge in [-0.2, -0.15) is 0 Å². The number of hydrogen-bond donors (Lipinski definition) is 0. The van der Waals surface area contributed by atoms with E-state index in [0.29, 0.717) is 30.3 Å². The highest BCUT2D eigenvalue weighted by molar-refractivity contribution is 9.09. The summed E-state index contributed by atoms with van der Waals surface area (Å²) in [6.07, 6.45) is 1.82. The zero-order valence-corrected chi connectivity index (χ0v) is 9.54. The normalized spacial score (nSPS) is 22.0. The minimum Gasteiger partial charge on any atom is -0.462 e. The summed E-state index contributed by atoms with van der Waals surface area (Å²) < 4.78 is 5.08. The maximum absolute atomic E-state index is 10.7. The van der Waals surface area contributed by atoms with Gasteiger partial charge in [-0.25, -0.2) is 0 Å². The molecule has 0 amide bonds. The number of rotatable bonds is 3. The number of ether oxygens (including phenoxy) is 1. The predicted molar refractivity (Wildman–Crippen MR) is 56.0 cm³/mol. The number of nitroso groups, excluding NO2 is 1. The summed E-state index contributed by atoms with van der Waals surface area (Å²) in [5.74, 6) is -0.272. The average Bonchev–Trinajstić information content (AvgIpc) is 2.16. The maximum Gasteiger partial charge on any atom is 0.302 e. The summed E-state index contributed by atoms with van der Waals surface area (Å²) in [7, 11) is 0. The van der Waals surface area contributed by atoms with Crippen LogP contribution in [0.3, 0.4) is 0 Å². The smallest absolute Gasteiger partial charge is 0.302 e. The van der Waals surface area contributed by atoms with Crippen molar-refractivity contribution in [2.45, 2.75) is 32.3 Å². The van der Waals surface area contributed by atoms with E-state index in [1.807, 2.05) is 0 Å². The lowest BCUT2D eigenvalue weighted by atomic mass is 9.95. The van der Waals surface area contributed by atoms with Crippen molar-refractivity contribution in [3.05, 3.63) is 16.2 Å². The Morgan fingerprint density at radius 2 is 2.43 bits per heavy atom. The number of alkyl halides is 1. The fourth-order valence-electron chi connectivity index (χ4n) is 1.55. The minimum atomic E-state index is -0.272. The highest BCUT2D eigenvalue weighted by Gasteiger charge is 2.22. The van der Waals surface area contributed by atoms with Crippen molar-refractivity contribution in [3.8, 4) is 0 Å². The molecule has 4 nitrogen and oxygen atoms in total. The van der Waals surface area contributed by atoms with Gasteiger partial charge in [-0.15, -0.1) is 4.91 Å². The molecule has 0 radical (unpaired) electrons. The van der Waals surface area contributed by atoms with Gasteiger partial charge in [0.1, 0.15) is 6.10 Å². The third kappa shape index (κ3) is 2.90. The minimum absolute atomic E-state index is 0.0921. The summed E-state index contributed by atoms with van der Waals surface area (Å²) in [6.45, 7) is 1.39. The van der Waals surface area contributed by atoms with Gasteiger partial charge in [-0.1, -0.05) is 15.9 Å². The lowest BCUT2D eigenvalue weighted by molar-refractivity contribution is -0.146. The fraction of sp³-hybridized carbons (Fsp3) is 0.667. The second-order valence-electron chi connectivity index (χ2n) is 3.25. The number of allylic oxidation sites excluding steroid dienone is 1. The van der Waals surface area contributed by atoms with Crippen LogP contribution in [0.1, 0.15) is 26.2 Å². The Labute approximate surface area is 90.8 Å². The Hall–Kier alpha value is -0.710. The second-order valence-corrected chi connectivity index (χ2v) is 3.81. The Morgan fingerprint density at radius 1 is 1.71 bits per heavy atom. The molecule has 0 aromatic rings. The van der Waals surface area contributed by atoms with Crippen LogP contribution in [0.5, 0.6) is 0 Å². The highest BCUT2D eigenvalue weighted by Crippen LogP contribution is 2.28. The Kier molecular flexibility index (Phi) is 4.25. The van der Waals surface area contributed by atoms with E-state index in [9.17, 15) is 9.70 Å². The molecule has 1 rings (SSSR count). The van der Waals surface area contributed by atoms with Gasteiger partial charge in [-0.05, 0) is 23.6 Å². The third-order valence-corrected chi connectivity index (χ3v) is 2.87. The predicted octanol–water partition coefficient (Wildman–Crippen LogP) is 2.52. The number of esters is 1. The molecule has 0 N–H and O–H groups in total. The summed E-state index contributed by atoms with van der Waals surface area (Å²) in [4.78, 5) is 21.1. The zero-order chi connectivity index (χ0) is 10.6. The van der Waals surface area contributed by atoms with Crippen molar-refractivity contribution in [1.29, 1.82) is 0 Å². The molecule has 78 valence electrons. The van der Waals surface area contributed by atoms with Crippen LogP contribution >= 0.6 is 15.9 Å². The van der Waals surface area contributed by atoms with E-state index >= 15 is 0 Å². The van der Waals surface area contributed by atoms with E-state index in [2.05, 4.69) is 21.1 Å². The summed E-state index contributed by atoms with van der Waals surface area (Å²) in [6, 6.07) is 0. The number of nitrogens with zero attached hydrogens (tertiary/aromatic N) is 1. The van der Waals surface area contributed by atoms with Crippen LogP contribution in [0.15, 0.2) is 16.4 Å². The average molecular weight is 262 g/mol. The molecular formula is C9H12BrNO3. The van der Waals surface area contributed by atoms with E-state index in [1.54, 1.807) is 0 Å². The molecule has 0 saturated heterocycles. The van der Waals surface area contributed by atoms with Crippen molar-refractivity contribution in [2.75, 3.05) is 5.33 Å². The van der Waals surface area contributed by atoms with Crippen molar-refractivity contribution in [2.24, 2.45) is 5.18 Å². The molecule has 0 aromatic carbocycles. The van der Waals surface area contributed by atoms with Gasteiger partial charge in [0.2, 0.25) is 0 Å². The van der Waals surface area contributed by atoms with Crippen LogP contribution in [0.25, 0.3) is 0 Å². The van der Waals surface area contributed by atoms with Gasteiger partial charge >= 0.3 is 5.97 Å². The van der Waals surface area contributed by atoms with E-state index in [4.69, 9.17) is 4.74 Å². The maximum atomic E-state index is 10.7. The molecule has 0 aromatic heterocycles. The lowest BCUT2D eigenvalue weighted by Crippen LogP contribution is -2.21. The van der Waals surface area contributed by atoms with Gasteiger partial charge < -0.3 is 4.74 Å². The summed E-state index contributed by atoms with van der Waals surface area (Å²) in [5.41, 5.74) is 1.54. The monoisotopic (exact) mass is 261 g/mol. The van der Waals surface area contributed by atoms with Gasteiger partial charge in [-0.3, -0.25) is 4.79 Å². The molecular weight excluding hydrogens is 250 g/mol. The largest absolute Gasteiger partial charge is 0.462 e. The summed E-state index contributed by atoms with van der Waals surface area (Å²) in [5, 5.41) is 3.59. The summed E-state index contributed by atoms with van der Waals surface area (Å²) >= 11 is 3.29. The van der Waals surface area contributed by atoms with Crippen LogP contribution in [0.4, 0.5) is 0 Å². The number of halogens is 1. The topological polar surface area (TPSA) is 55.7 Å². The molecule has 0 spiro atoms. The van der Waals surface area contributed by atoms with Gasteiger partial charge in [0, 0.05) is 18.7 Å². The molecule has 0 saturated carbocycles. The molecule has 1 atom stereocenters. The zero-order valence-electron chi connectivity index (χ0n) is 7.96. The first kappa shape index (κ1) is 11.4. The van der Waals surface area contributed by atoms with Crippen molar-refractivity contribution in [1.82, 2.24) is 0 Å². The molecule has 14 heavy (non-hydrogen) atoms. The quantitative estimate of drug-likeness (QED) is 0.446. The van der Waals surface area contributed by atoms with Crippen LogP contribution in [-0.4, -0.2) is 17.4 Å². The number of carbonyl (C=O) groups is 1. The Balaban J connectivity index is 2.64. The SMILES string of the molecule is CC(=O)OC1CCC(N=O)=C(CBr)C1. The van der Waals surface area contributed by atoms with E-state index in [-0.39, 0.29) is 12.1 Å². The molecule has 1 unspecified atom stereocenters. The lowest BCUT2D eigenvalue weighted by Gasteiger charge is -2.23. The van der Waals surface area contributed by atoms with E-state index in [1.165, 1.54) is 6.92 Å². The first-order chi connectivity index (χ1) is 6.67. The molecule has 5 heteroatoms. The van der Waals surface area contributed by atoms with Gasteiger partial charge in [0.05, 0.1) is 5.70 Å². The highest BCUT2D eigenvalue weighted by atomic mass is 79.9. The molecule has 0 heterocycles. The van der Waals surface area contributed by atoms with Crippen LogP contribution in [0.2, 0.25) is 0 Å². The van der Waals surface area contributed by atoms with Crippen LogP contribution in [-0.2, 0) is 9.53 Å². The van der Waals surface area contributed by atoms with Crippen LogP contribution in [0, 0.1) is 4.91 Å². The number of carbonyl (C=O) groups excluding carboxylic acids is 1. The van der Waals surface area contributed by atoms with Crippen LogP contribution < -0.4 is 0 Å². The Morgan fingerprint density at radius 3 is 2.93 bits per heavy atom. The first-order valence-corrected chi connectivity index (χ1v) is 5.57. The molecule has 0 bridgehead atoms. The first-order valence-electron chi connectivity index (χ1n) is 4.44. The Bertz CT molecular complexity index is 275. The second kappa shape index (κ2) is 5.24. The number of hydrogen-bond acceptors (Lipinski definition) is 4. The third-order valence-electron chi connectivity index (χ3n) is 2.19. The van der Waals surface area contributed by atoms with Crippen molar-refractivity contribution in [3.63, 3.8) is 0 Å². The van der Waals surface area contributed by atoms with E-state index < -0.39 is 0 Å². The fourth-order valence-corrected chi connectivity index (χ4v) is 2.10. The molecule has 0 aliphatic heterocycles. The molecule has 1 aliphatic rings. The van der Waals surface area contributed by atoms with Gasteiger partial charge in [0.25, 0.3) is 0 Å². The molecule has 1 aliphatic carbocycles.